The molecule has 0 aliphatic rings. The van der Waals surface area contributed by atoms with Crippen LogP contribution in [0, 0.1) is 0 Å². The predicted octanol–water partition coefficient (Wildman–Crippen LogP) is 12.6. The van der Waals surface area contributed by atoms with E-state index in [1.165, 1.54) is 10.8 Å². The van der Waals surface area contributed by atoms with E-state index in [1.807, 2.05) is 85.1 Å². The second kappa shape index (κ2) is 13.0. The van der Waals surface area contributed by atoms with E-state index in [0.717, 1.165) is 77.7 Å². The smallest absolute Gasteiger partial charge is 0.166 e. The monoisotopic (exact) mass is 717 g/mol. The Labute approximate surface area is 322 Å². The zero-order valence-electron chi connectivity index (χ0n) is 30.0. The van der Waals surface area contributed by atoms with Gasteiger partial charge in [0.2, 0.25) is 0 Å². The van der Waals surface area contributed by atoms with Crippen molar-refractivity contribution in [1.82, 2.24) is 24.5 Å². The van der Waals surface area contributed by atoms with Crippen LogP contribution < -0.4 is 0 Å². The van der Waals surface area contributed by atoms with Crippen molar-refractivity contribution in [3.63, 3.8) is 0 Å². The molecule has 11 rings (SSSR count). The van der Waals surface area contributed by atoms with Gasteiger partial charge in [-0.05, 0) is 48.0 Å². The molecule has 0 saturated heterocycles. The van der Waals surface area contributed by atoms with E-state index in [-0.39, 0.29) is 0 Å². The van der Waals surface area contributed by atoms with E-state index in [9.17, 15) is 0 Å². The van der Waals surface area contributed by atoms with Crippen LogP contribution in [0.4, 0.5) is 0 Å². The molecule has 0 N–H and O–H groups in total. The zero-order chi connectivity index (χ0) is 37.0. The normalized spacial score (nSPS) is 11.6. The lowest BCUT2D eigenvalue weighted by molar-refractivity contribution is 0.670. The summed E-state index contributed by atoms with van der Waals surface area (Å²) in [6.45, 7) is 0. The highest BCUT2D eigenvalue weighted by atomic mass is 16.3. The van der Waals surface area contributed by atoms with Crippen molar-refractivity contribution in [3.8, 4) is 62.2 Å². The molecule has 6 heteroatoms. The first-order valence-electron chi connectivity index (χ1n) is 18.6. The average Bonchev–Trinajstić information content (AvgIpc) is 3.83. The molecule has 0 spiro atoms. The van der Waals surface area contributed by atoms with Gasteiger partial charge in [-0.25, -0.2) is 15.0 Å². The Bertz CT molecular complexity index is 3170. The summed E-state index contributed by atoms with van der Waals surface area (Å²) in [5, 5.41) is 4.42. The molecule has 0 atom stereocenters. The van der Waals surface area contributed by atoms with E-state index in [1.54, 1.807) is 0 Å². The topological polar surface area (TPSA) is 69.6 Å². The van der Waals surface area contributed by atoms with Crippen LogP contribution in [-0.4, -0.2) is 24.5 Å². The van der Waals surface area contributed by atoms with Crippen molar-refractivity contribution in [2.24, 2.45) is 0 Å². The van der Waals surface area contributed by atoms with Gasteiger partial charge in [-0.15, -0.1) is 0 Å². The number of pyridine rings is 1. The summed E-state index contributed by atoms with van der Waals surface area (Å²) in [6.07, 6.45) is 1.93. The maximum Gasteiger partial charge on any atom is 0.166 e. The lowest BCUT2D eigenvalue weighted by atomic mass is 9.98. The van der Waals surface area contributed by atoms with Gasteiger partial charge in [-0.1, -0.05) is 140 Å². The minimum atomic E-state index is 0.526. The molecule has 6 nitrogen and oxygen atoms in total. The van der Waals surface area contributed by atoms with Crippen LogP contribution in [0.5, 0.6) is 0 Å². The summed E-state index contributed by atoms with van der Waals surface area (Å²) in [4.78, 5) is 20.5. The molecule has 0 aliphatic heterocycles. The van der Waals surface area contributed by atoms with Crippen LogP contribution in [0.25, 0.3) is 106 Å². The highest BCUT2D eigenvalue weighted by molar-refractivity contribution is 6.25. The second-order valence-electron chi connectivity index (χ2n) is 13.8. The van der Waals surface area contributed by atoms with Gasteiger partial charge >= 0.3 is 0 Å². The standard InChI is InChI=1S/C50H31N5O/c1-5-16-32(17-6-1)35-30-41(50-53-48(33-18-7-2-8-19-33)52-49(54-50)34-20-9-3-10-21-34)45(51-31-35)40-26-15-25-39-44-43(56-47(39)40)29-28-38-37-24-13-14-27-42(37)55(46(38)44)36-22-11-4-12-23-36/h1-31H. The van der Waals surface area contributed by atoms with Crippen molar-refractivity contribution in [1.29, 1.82) is 0 Å². The van der Waals surface area contributed by atoms with Gasteiger partial charge in [-0.3, -0.25) is 4.98 Å². The number of nitrogens with zero attached hydrogens (tertiary/aromatic N) is 5. The molecule has 11 aromatic rings. The second-order valence-corrected chi connectivity index (χ2v) is 13.8. The van der Waals surface area contributed by atoms with Crippen LogP contribution in [0.2, 0.25) is 0 Å². The summed E-state index contributed by atoms with van der Waals surface area (Å²) < 4.78 is 9.27. The highest BCUT2D eigenvalue weighted by Gasteiger charge is 2.24. The molecule has 7 aromatic carbocycles. The Kier molecular flexibility index (Phi) is 7.38. The molecule has 0 bridgehead atoms. The SMILES string of the molecule is c1ccc(-c2cnc(-c3cccc4c3oc3ccc5c6ccccc6n(-c6ccccc6)c5c34)c(-c3nc(-c4ccccc4)nc(-c4ccccc4)n3)c2)cc1. The molecule has 262 valence electrons. The Morgan fingerprint density at radius 3 is 1.71 bits per heavy atom. The number of benzene rings is 7. The largest absolute Gasteiger partial charge is 0.455 e. The summed E-state index contributed by atoms with van der Waals surface area (Å²) in [7, 11) is 0. The average molecular weight is 718 g/mol. The van der Waals surface area contributed by atoms with Gasteiger partial charge in [-0.2, -0.15) is 0 Å². The first-order chi connectivity index (χ1) is 27.8. The van der Waals surface area contributed by atoms with Gasteiger partial charge < -0.3 is 8.98 Å². The lowest BCUT2D eigenvalue weighted by Crippen LogP contribution is -2.02. The van der Waals surface area contributed by atoms with Crippen LogP contribution >= 0.6 is 0 Å². The quantitative estimate of drug-likeness (QED) is 0.171. The van der Waals surface area contributed by atoms with Crippen molar-refractivity contribution in [2.75, 3.05) is 0 Å². The van der Waals surface area contributed by atoms with E-state index < -0.39 is 0 Å². The van der Waals surface area contributed by atoms with E-state index in [0.29, 0.717) is 17.5 Å². The molecule has 0 unspecified atom stereocenters. The maximum absolute atomic E-state index is 6.92. The summed E-state index contributed by atoms with van der Waals surface area (Å²) in [5.74, 6) is 1.70. The number of hydrogen-bond donors (Lipinski definition) is 0. The molecular weight excluding hydrogens is 687 g/mol. The van der Waals surface area contributed by atoms with E-state index in [4.69, 9.17) is 24.4 Å². The summed E-state index contributed by atoms with van der Waals surface area (Å²) >= 11 is 0. The van der Waals surface area contributed by atoms with Crippen LogP contribution in [0.1, 0.15) is 0 Å². The van der Waals surface area contributed by atoms with Crippen molar-refractivity contribution in [2.45, 2.75) is 0 Å². The third-order valence-corrected chi connectivity index (χ3v) is 10.5. The summed E-state index contributed by atoms with van der Waals surface area (Å²) in [5.41, 5.74) is 11.1. The van der Waals surface area contributed by atoms with E-state index in [2.05, 4.69) is 108 Å². The van der Waals surface area contributed by atoms with E-state index >= 15 is 0 Å². The molecular formula is C50H31N5O. The fourth-order valence-electron chi connectivity index (χ4n) is 7.94. The Balaban J connectivity index is 1.20. The Morgan fingerprint density at radius 2 is 1.02 bits per heavy atom. The van der Waals surface area contributed by atoms with Crippen LogP contribution in [0.15, 0.2) is 193 Å². The Hall–Kier alpha value is -7.70. The van der Waals surface area contributed by atoms with Gasteiger partial charge in [0, 0.05) is 55.9 Å². The fraction of sp³-hybridized carbons (Fsp3) is 0. The number of hydrogen-bond acceptors (Lipinski definition) is 5. The van der Waals surface area contributed by atoms with Crippen molar-refractivity contribution >= 4 is 43.7 Å². The first-order valence-corrected chi connectivity index (χ1v) is 18.6. The molecule has 0 fully saturated rings. The fourth-order valence-corrected chi connectivity index (χ4v) is 7.94. The molecule has 0 saturated carbocycles. The Morgan fingerprint density at radius 1 is 0.429 bits per heavy atom. The lowest BCUT2D eigenvalue weighted by Gasteiger charge is -2.13. The van der Waals surface area contributed by atoms with Gasteiger partial charge in [0.15, 0.2) is 17.5 Å². The first kappa shape index (κ1) is 31.8. The molecule has 4 aromatic heterocycles. The molecule has 0 amide bonds. The third kappa shape index (κ3) is 5.19. The minimum Gasteiger partial charge on any atom is -0.455 e. The minimum absolute atomic E-state index is 0.526. The zero-order valence-corrected chi connectivity index (χ0v) is 30.0. The predicted molar refractivity (Wildman–Crippen MR) is 226 cm³/mol. The molecule has 4 heterocycles. The maximum atomic E-state index is 6.92. The molecule has 0 radical (unpaired) electrons. The van der Waals surface area contributed by atoms with Crippen molar-refractivity contribution in [3.05, 3.63) is 188 Å². The summed E-state index contributed by atoms with van der Waals surface area (Å²) in [6, 6.07) is 62.3. The van der Waals surface area contributed by atoms with Gasteiger partial charge in [0.05, 0.1) is 22.1 Å². The van der Waals surface area contributed by atoms with Gasteiger partial charge in [0.1, 0.15) is 11.2 Å². The highest BCUT2D eigenvalue weighted by Crippen LogP contribution is 2.44. The third-order valence-electron chi connectivity index (χ3n) is 10.5. The van der Waals surface area contributed by atoms with Crippen LogP contribution in [-0.2, 0) is 0 Å². The number of fused-ring (bicyclic) bond motifs is 7. The molecule has 56 heavy (non-hydrogen) atoms. The van der Waals surface area contributed by atoms with Gasteiger partial charge in [0.25, 0.3) is 0 Å². The number of furan rings is 1. The number of para-hydroxylation sites is 3. The number of aromatic nitrogens is 5. The molecule has 0 aliphatic carbocycles. The number of rotatable bonds is 6. The van der Waals surface area contributed by atoms with Crippen LogP contribution in [0.3, 0.4) is 0 Å². The van der Waals surface area contributed by atoms with Crippen molar-refractivity contribution < 1.29 is 4.42 Å².